The molecular formula is C51H33N3O. The Morgan fingerprint density at radius 2 is 1.11 bits per heavy atom. The highest BCUT2D eigenvalue weighted by molar-refractivity contribution is 6.28. The van der Waals surface area contributed by atoms with Crippen LogP contribution in [-0.2, 0) is 5.41 Å². The molecular weight excluding hydrogens is 671 g/mol. The number of rotatable bonds is 3. The van der Waals surface area contributed by atoms with Crippen LogP contribution in [0.2, 0.25) is 0 Å². The van der Waals surface area contributed by atoms with Crippen molar-refractivity contribution < 1.29 is 4.42 Å². The number of nitrogens with zero attached hydrogens (tertiary/aromatic N) is 3. The van der Waals surface area contributed by atoms with E-state index in [4.69, 9.17) is 14.4 Å². The lowest BCUT2D eigenvalue weighted by Crippen LogP contribution is -2.14. The third kappa shape index (κ3) is 4.22. The van der Waals surface area contributed by atoms with E-state index < -0.39 is 0 Å². The summed E-state index contributed by atoms with van der Waals surface area (Å²) >= 11 is 0. The highest BCUT2D eigenvalue weighted by Gasteiger charge is 2.35. The summed E-state index contributed by atoms with van der Waals surface area (Å²) in [5, 5.41) is 8.21. The Hall–Kier alpha value is -7.04. The number of benzene rings is 8. The summed E-state index contributed by atoms with van der Waals surface area (Å²) < 4.78 is 8.96. The Labute approximate surface area is 316 Å². The van der Waals surface area contributed by atoms with Gasteiger partial charge in [0.05, 0.1) is 11.0 Å². The Kier molecular flexibility index (Phi) is 6.09. The van der Waals surface area contributed by atoms with Gasteiger partial charge in [-0.2, -0.15) is 0 Å². The molecule has 55 heavy (non-hydrogen) atoms. The van der Waals surface area contributed by atoms with E-state index in [9.17, 15) is 0 Å². The first kappa shape index (κ1) is 30.4. The molecule has 1 aliphatic carbocycles. The monoisotopic (exact) mass is 703 g/mol. The normalized spacial score (nSPS) is 13.4. The van der Waals surface area contributed by atoms with Crippen LogP contribution in [-0.4, -0.2) is 14.5 Å². The summed E-state index contributed by atoms with van der Waals surface area (Å²) in [6.07, 6.45) is 0. The number of hydrogen-bond acceptors (Lipinski definition) is 3. The summed E-state index contributed by atoms with van der Waals surface area (Å²) in [5.41, 5.74) is 13.7. The average Bonchev–Trinajstić information content (AvgIpc) is 3.86. The van der Waals surface area contributed by atoms with Gasteiger partial charge in [-0.1, -0.05) is 147 Å². The minimum Gasteiger partial charge on any atom is -0.452 e. The van der Waals surface area contributed by atoms with Crippen LogP contribution in [0.1, 0.15) is 25.0 Å². The summed E-state index contributed by atoms with van der Waals surface area (Å²) in [7, 11) is 0. The third-order valence-electron chi connectivity index (χ3n) is 12.0. The summed E-state index contributed by atoms with van der Waals surface area (Å²) in [6.45, 7) is 4.66. The van der Waals surface area contributed by atoms with Crippen LogP contribution >= 0.6 is 0 Å². The van der Waals surface area contributed by atoms with Gasteiger partial charge in [0.25, 0.3) is 0 Å². The van der Waals surface area contributed by atoms with Crippen molar-refractivity contribution in [3.8, 4) is 39.5 Å². The van der Waals surface area contributed by atoms with Crippen LogP contribution < -0.4 is 0 Å². The maximum Gasteiger partial charge on any atom is 0.236 e. The molecule has 0 fully saturated rings. The van der Waals surface area contributed by atoms with Gasteiger partial charge in [-0.15, -0.1) is 0 Å². The first-order valence-electron chi connectivity index (χ1n) is 18.9. The number of furan rings is 1. The van der Waals surface area contributed by atoms with Crippen molar-refractivity contribution >= 4 is 65.4 Å². The van der Waals surface area contributed by atoms with Crippen LogP contribution in [0.5, 0.6) is 0 Å². The number of aromatic nitrogens is 3. The van der Waals surface area contributed by atoms with Crippen molar-refractivity contribution in [3.63, 3.8) is 0 Å². The molecule has 0 unspecified atom stereocenters. The lowest BCUT2D eigenvalue weighted by Gasteiger charge is -2.22. The Morgan fingerprint density at radius 3 is 1.85 bits per heavy atom. The fourth-order valence-electron chi connectivity index (χ4n) is 9.35. The standard InChI is InChI=1S/C51H33N3O/c1-51(2)40-19-11-10-18-37(40)38-24-20-34(29-41(38)51)33-23-27-44-39(28-33)48-49(55-44)47(32-14-4-3-5-15-32)52-50(53-48)54-42-25-21-30-12-6-8-16-35(30)45(42)46-36-17-9-7-13-31(36)22-26-43(46)54/h3-29H,1-2H3. The van der Waals surface area contributed by atoms with Crippen LogP contribution in [0, 0.1) is 0 Å². The van der Waals surface area contributed by atoms with Gasteiger partial charge in [-0.05, 0) is 85.3 Å². The molecule has 258 valence electrons. The first-order chi connectivity index (χ1) is 27.0. The van der Waals surface area contributed by atoms with E-state index in [1.165, 1.54) is 60.1 Å². The van der Waals surface area contributed by atoms with Gasteiger partial charge in [0, 0.05) is 27.1 Å². The van der Waals surface area contributed by atoms with Crippen LogP contribution in [0.15, 0.2) is 168 Å². The molecule has 0 spiro atoms. The lowest BCUT2D eigenvalue weighted by molar-refractivity contribution is 0.660. The Bertz CT molecular complexity index is 3310. The molecule has 0 atom stereocenters. The lowest BCUT2D eigenvalue weighted by atomic mass is 9.81. The summed E-state index contributed by atoms with van der Waals surface area (Å²) in [4.78, 5) is 10.8. The molecule has 0 radical (unpaired) electrons. The Balaban J connectivity index is 1.14. The van der Waals surface area contributed by atoms with E-state index in [0.29, 0.717) is 11.5 Å². The van der Waals surface area contributed by atoms with Gasteiger partial charge in [0.1, 0.15) is 16.8 Å². The molecule has 0 saturated carbocycles. The number of fused-ring (bicyclic) bond motifs is 13. The van der Waals surface area contributed by atoms with Crippen molar-refractivity contribution in [1.29, 1.82) is 0 Å². The third-order valence-corrected chi connectivity index (χ3v) is 12.0. The molecule has 4 nitrogen and oxygen atoms in total. The fourth-order valence-corrected chi connectivity index (χ4v) is 9.35. The quantitative estimate of drug-likeness (QED) is 0.184. The maximum atomic E-state index is 6.71. The van der Waals surface area contributed by atoms with Gasteiger partial charge < -0.3 is 4.42 Å². The first-order valence-corrected chi connectivity index (χ1v) is 18.9. The van der Waals surface area contributed by atoms with Crippen LogP contribution in [0.3, 0.4) is 0 Å². The van der Waals surface area contributed by atoms with E-state index in [0.717, 1.165) is 44.3 Å². The van der Waals surface area contributed by atoms with E-state index in [2.05, 4.69) is 176 Å². The second-order valence-electron chi connectivity index (χ2n) is 15.4. The predicted octanol–water partition coefficient (Wildman–Crippen LogP) is 13.4. The topological polar surface area (TPSA) is 43.9 Å². The van der Waals surface area contributed by atoms with Crippen LogP contribution in [0.4, 0.5) is 0 Å². The summed E-state index contributed by atoms with van der Waals surface area (Å²) in [6, 6.07) is 58.7. The van der Waals surface area contributed by atoms with Crippen LogP contribution in [0.25, 0.3) is 105 Å². The van der Waals surface area contributed by atoms with Crippen molar-refractivity contribution in [2.45, 2.75) is 19.3 Å². The molecule has 4 heteroatoms. The van der Waals surface area contributed by atoms with Gasteiger partial charge >= 0.3 is 0 Å². The smallest absolute Gasteiger partial charge is 0.236 e. The van der Waals surface area contributed by atoms with E-state index in [1.807, 2.05) is 6.07 Å². The van der Waals surface area contributed by atoms with Crippen molar-refractivity contribution in [3.05, 3.63) is 175 Å². The molecule has 3 aromatic heterocycles. The molecule has 0 bridgehead atoms. The zero-order chi connectivity index (χ0) is 36.4. The van der Waals surface area contributed by atoms with E-state index in [-0.39, 0.29) is 5.41 Å². The van der Waals surface area contributed by atoms with Gasteiger partial charge in [-0.3, -0.25) is 4.57 Å². The molecule has 8 aromatic carbocycles. The molecule has 0 saturated heterocycles. The van der Waals surface area contributed by atoms with Crippen molar-refractivity contribution in [1.82, 2.24) is 14.5 Å². The molecule has 0 aliphatic heterocycles. The molecule has 0 N–H and O–H groups in total. The molecule has 1 aliphatic rings. The summed E-state index contributed by atoms with van der Waals surface area (Å²) in [5.74, 6) is 0.613. The SMILES string of the molecule is CC1(C)c2ccccc2-c2ccc(-c3ccc4oc5c(-c6ccccc6)nc(-n6c7ccc8ccccc8c7c7c8ccccc8ccc76)nc5c4c3)cc21. The second kappa shape index (κ2) is 11.0. The molecule has 11 aromatic rings. The zero-order valence-electron chi connectivity index (χ0n) is 30.3. The minimum atomic E-state index is -0.0833. The van der Waals surface area contributed by atoms with Crippen molar-refractivity contribution in [2.75, 3.05) is 0 Å². The molecule has 12 rings (SSSR count). The highest BCUT2D eigenvalue weighted by atomic mass is 16.3. The van der Waals surface area contributed by atoms with Gasteiger partial charge in [0.2, 0.25) is 5.95 Å². The zero-order valence-corrected chi connectivity index (χ0v) is 30.3. The molecule has 3 heterocycles. The van der Waals surface area contributed by atoms with Gasteiger partial charge in [-0.25, -0.2) is 9.97 Å². The second-order valence-corrected chi connectivity index (χ2v) is 15.4. The average molecular weight is 704 g/mol. The maximum absolute atomic E-state index is 6.71. The molecule has 0 amide bonds. The van der Waals surface area contributed by atoms with Gasteiger partial charge in [0.15, 0.2) is 5.58 Å². The predicted molar refractivity (Wildman–Crippen MR) is 227 cm³/mol. The minimum absolute atomic E-state index is 0.0833. The largest absolute Gasteiger partial charge is 0.452 e. The number of hydrogen-bond donors (Lipinski definition) is 0. The highest BCUT2D eigenvalue weighted by Crippen LogP contribution is 2.50. The van der Waals surface area contributed by atoms with E-state index in [1.54, 1.807) is 0 Å². The van der Waals surface area contributed by atoms with Crippen molar-refractivity contribution in [2.24, 2.45) is 0 Å². The van der Waals surface area contributed by atoms with E-state index >= 15 is 0 Å². The fraction of sp³-hybridized carbons (Fsp3) is 0.0588. The Morgan fingerprint density at radius 1 is 0.491 bits per heavy atom.